The van der Waals surface area contributed by atoms with Gasteiger partial charge in [0.25, 0.3) is 0 Å². The average Bonchev–Trinajstić information content (AvgIpc) is 3.25. The number of aromatic nitrogens is 1. The van der Waals surface area contributed by atoms with Gasteiger partial charge in [0.15, 0.2) is 5.96 Å². The topological polar surface area (TPSA) is 52.6 Å². The van der Waals surface area contributed by atoms with E-state index >= 15 is 0 Å². The van der Waals surface area contributed by atoms with Gasteiger partial charge in [-0.1, -0.05) is 13.8 Å². The van der Waals surface area contributed by atoms with Crippen molar-refractivity contribution in [2.24, 2.45) is 4.99 Å². The summed E-state index contributed by atoms with van der Waals surface area (Å²) in [7, 11) is 1.84. The Hall–Kier alpha value is -1.14. The van der Waals surface area contributed by atoms with Crippen LogP contribution < -0.4 is 10.6 Å². The molecule has 1 aromatic rings. The second kappa shape index (κ2) is 9.88. The molecule has 1 aliphatic heterocycles. The van der Waals surface area contributed by atoms with E-state index in [2.05, 4.69) is 39.4 Å². The molecule has 0 bridgehead atoms. The zero-order valence-corrected chi connectivity index (χ0v) is 15.6. The van der Waals surface area contributed by atoms with Crippen molar-refractivity contribution in [1.29, 1.82) is 0 Å². The monoisotopic (exact) mass is 337 g/mol. The van der Waals surface area contributed by atoms with Gasteiger partial charge in [-0.05, 0) is 38.8 Å². The molecule has 2 N–H and O–H groups in total. The number of guanidine groups is 1. The molecule has 2 heterocycles. The molecule has 1 fully saturated rings. The van der Waals surface area contributed by atoms with Crippen LogP contribution in [0.1, 0.15) is 43.0 Å². The van der Waals surface area contributed by atoms with Gasteiger partial charge in [0.05, 0.1) is 5.01 Å². The van der Waals surface area contributed by atoms with Gasteiger partial charge in [-0.15, -0.1) is 11.3 Å². The minimum absolute atomic E-state index is 0.613. The maximum atomic E-state index is 4.46. The quantitative estimate of drug-likeness (QED) is 0.564. The lowest BCUT2D eigenvalue weighted by molar-refractivity contribution is 0.236. The summed E-state index contributed by atoms with van der Waals surface area (Å²) in [6.45, 7) is 8.77. The summed E-state index contributed by atoms with van der Waals surface area (Å²) in [4.78, 5) is 12.8. The normalized spacial score (nSPS) is 17.4. The smallest absolute Gasteiger partial charge is 0.191 e. The lowest BCUT2D eigenvalue weighted by Crippen LogP contribution is -2.46. The van der Waals surface area contributed by atoms with Crippen LogP contribution in [0.5, 0.6) is 0 Å². The van der Waals surface area contributed by atoms with Crippen molar-refractivity contribution in [3.63, 3.8) is 0 Å². The summed E-state index contributed by atoms with van der Waals surface area (Å²) in [6.07, 6.45) is 7.89. The third-order valence-corrected chi connectivity index (χ3v) is 5.64. The predicted octanol–water partition coefficient (Wildman–Crippen LogP) is 2.29. The highest BCUT2D eigenvalue weighted by atomic mass is 32.1. The lowest BCUT2D eigenvalue weighted by Gasteiger charge is -2.27. The summed E-state index contributed by atoms with van der Waals surface area (Å²) < 4.78 is 0. The van der Waals surface area contributed by atoms with Crippen molar-refractivity contribution in [1.82, 2.24) is 20.5 Å². The van der Waals surface area contributed by atoms with Crippen LogP contribution in [0.4, 0.5) is 0 Å². The van der Waals surface area contributed by atoms with Crippen molar-refractivity contribution in [2.75, 3.05) is 33.2 Å². The summed E-state index contributed by atoms with van der Waals surface area (Å²) in [5, 5.41) is 8.08. The van der Waals surface area contributed by atoms with Crippen LogP contribution in [0.2, 0.25) is 0 Å². The molecule has 0 aromatic carbocycles. The van der Waals surface area contributed by atoms with Gasteiger partial charge < -0.3 is 10.6 Å². The first-order chi connectivity index (χ1) is 11.3. The number of rotatable bonds is 8. The molecule has 6 heteroatoms. The Morgan fingerprint density at radius 1 is 1.35 bits per heavy atom. The van der Waals surface area contributed by atoms with E-state index in [0.29, 0.717) is 6.04 Å². The molecular formula is C17H31N5S. The van der Waals surface area contributed by atoms with Gasteiger partial charge in [-0.25, -0.2) is 4.98 Å². The van der Waals surface area contributed by atoms with Gasteiger partial charge in [-0.3, -0.25) is 9.89 Å². The molecule has 23 heavy (non-hydrogen) atoms. The van der Waals surface area contributed by atoms with Gasteiger partial charge in [0.1, 0.15) is 0 Å². The molecule has 1 aliphatic rings. The van der Waals surface area contributed by atoms with E-state index in [4.69, 9.17) is 0 Å². The molecular weight excluding hydrogens is 306 g/mol. The number of nitrogens with one attached hydrogen (secondary N) is 2. The molecule has 0 aliphatic carbocycles. The van der Waals surface area contributed by atoms with E-state index in [9.17, 15) is 0 Å². The highest BCUT2D eigenvalue weighted by Crippen LogP contribution is 2.14. The fourth-order valence-corrected chi connectivity index (χ4v) is 3.85. The van der Waals surface area contributed by atoms with Crippen LogP contribution >= 0.6 is 11.3 Å². The zero-order valence-electron chi connectivity index (χ0n) is 14.8. The van der Waals surface area contributed by atoms with Crippen LogP contribution in [0, 0.1) is 0 Å². The zero-order chi connectivity index (χ0) is 16.5. The number of aryl methyl sites for hydroxylation is 1. The Morgan fingerprint density at radius 3 is 2.74 bits per heavy atom. The molecule has 1 aromatic heterocycles. The van der Waals surface area contributed by atoms with Gasteiger partial charge in [-0.2, -0.15) is 0 Å². The Kier molecular flexibility index (Phi) is 7.82. The van der Waals surface area contributed by atoms with E-state index in [1.165, 1.54) is 42.2 Å². The Morgan fingerprint density at radius 2 is 2.13 bits per heavy atom. The third-order valence-electron chi connectivity index (χ3n) is 4.44. The predicted molar refractivity (Wildman–Crippen MR) is 99.4 cm³/mol. The van der Waals surface area contributed by atoms with E-state index in [0.717, 1.165) is 31.9 Å². The average molecular weight is 338 g/mol. The molecule has 0 amide bonds. The van der Waals surface area contributed by atoms with Crippen molar-refractivity contribution in [3.05, 3.63) is 16.1 Å². The molecule has 0 saturated carbocycles. The first-order valence-electron chi connectivity index (χ1n) is 8.89. The molecule has 1 atom stereocenters. The van der Waals surface area contributed by atoms with Crippen LogP contribution in [0.25, 0.3) is 0 Å². The maximum Gasteiger partial charge on any atom is 0.191 e. The SMILES string of the molecule is CCc1cnc(CCNC(=NC)NCC(CC)N2CCCC2)s1. The fourth-order valence-electron chi connectivity index (χ4n) is 2.99. The number of hydrogen-bond acceptors (Lipinski definition) is 4. The molecule has 2 rings (SSSR count). The van der Waals surface area contributed by atoms with Gasteiger partial charge in [0.2, 0.25) is 0 Å². The number of aliphatic imine (C=N–C) groups is 1. The number of hydrogen-bond donors (Lipinski definition) is 2. The van der Waals surface area contributed by atoms with Crippen LogP contribution in [0.3, 0.4) is 0 Å². The van der Waals surface area contributed by atoms with Gasteiger partial charge >= 0.3 is 0 Å². The van der Waals surface area contributed by atoms with Crippen LogP contribution in [0.15, 0.2) is 11.2 Å². The van der Waals surface area contributed by atoms with Crippen LogP contribution in [-0.4, -0.2) is 55.1 Å². The van der Waals surface area contributed by atoms with E-state index < -0.39 is 0 Å². The first-order valence-corrected chi connectivity index (χ1v) is 9.70. The van der Waals surface area contributed by atoms with Gasteiger partial charge in [0, 0.05) is 43.7 Å². The van der Waals surface area contributed by atoms with Crippen molar-refractivity contribution in [2.45, 2.75) is 52.0 Å². The van der Waals surface area contributed by atoms with Crippen LogP contribution in [-0.2, 0) is 12.8 Å². The standard InChI is InChI=1S/C17H31N5S/c1-4-14(22-10-6-7-11-22)12-21-17(18-3)19-9-8-16-20-13-15(5-2)23-16/h13-14H,4-12H2,1-3H3,(H2,18,19,21). The fraction of sp³-hybridized carbons (Fsp3) is 0.765. The number of likely N-dealkylation sites (tertiary alicyclic amines) is 1. The summed E-state index contributed by atoms with van der Waals surface area (Å²) in [6, 6.07) is 0.613. The number of thiazole rings is 1. The minimum Gasteiger partial charge on any atom is -0.356 e. The Bertz CT molecular complexity index is 479. The van der Waals surface area contributed by atoms with E-state index in [1.807, 2.05) is 24.6 Å². The minimum atomic E-state index is 0.613. The van der Waals surface area contributed by atoms with E-state index in [1.54, 1.807) is 0 Å². The molecule has 1 unspecified atom stereocenters. The third kappa shape index (κ3) is 5.77. The summed E-state index contributed by atoms with van der Waals surface area (Å²) in [5.74, 6) is 0.898. The largest absolute Gasteiger partial charge is 0.356 e. The summed E-state index contributed by atoms with van der Waals surface area (Å²) in [5.41, 5.74) is 0. The molecule has 1 saturated heterocycles. The van der Waals surface area contributed by atoms with Crippen molar-refractivity contribution >= 4 is 17.3 Å². The van der Waals surface area contributed by atoms with Crippen molar-refractivity contribution in [3.8, 4) is 0 Å². The maximum absolute atomic E-state index is 4.46. The lowest BCUT2D eigenvalue weighted by atomic mass is 10.2. The molecule has 5 nitrogen and oxygen atoms in total. The highest BCUT2D eigenvalue weighted by molar-refractivity contribution is 7.11. The Balaban J connectivity index is 1.70. The molecule has 0 spiro atoms. The molecule has 130 valence electrons. The second-order valence-electron chi connectivity index (χ2n) is 6.01. The second-order valence-corrected chi connectivity index (χ2v) is 7.21. The number of nitrogens with zero attached hydrogens (tertiary/aromatic N) is 3. The Labute approximate surface area is 144 Å². The first kappa shape index (κ1) is 18.2. The highest BCUT2D eigenvalue weighted by Gasteiger charge is 2.20. The molecule has 0 radical (unpaired) electrons. The van der Waals surface area contributed by atoms with Crippen molar-refractivity contribution < 1.29 is 0 Å². The van der Waals surface area contributed by atoms with E-state index in [-0.39, 0.29) is 0 Å². The summed E-state index contributed by atoms with van der Waals surface area (Å²) >= 11 is 1.81.